The molecule has 2 N–H and O–H groups in total. The highest BCUT2D eigenvalue weighted by Gasteiger charge is 2.34. The quantitative estimate of drug-likeness (QED) is 0.897. The molecule has 3 atom stereocenters. The first kappa shape index (κ1) is 14.9. The van der Waals surface area contributed by atoms with Crippen molar-refractivity contribution >= 4 is 15.5 Å². The molecule has 1 saturated heterocycles. The lowest BCUT2D eigenvalue weighted by molar-refractivity contribution is 0.376. The van der Waals surface area contributed by atoms with Crippen LogP contribution in [0, 0.1) is 5.92 Å². The molecule has 5 heteroatoms. The zero-order valence-corrected chi connectivity index (χ0v) is 13.3. The van der Waals surface area contributed by atoms with Crippen molar-refractivity contribution in [1.29, 1.82) is 0 Å². The van der Waals surface area contributed by atoms with Crippen LogP contribution in [0.2, 0.25) is 0 Å². The Kier molecular flexibility index (Phi) is 4.22. The molecule has 1 aliphatic carbocycles. The van der Waals surface area contributed by atoms with Crippen LogP contribution in [0.15, 0.2) is 29.2 Å². The molecule has 0 bridgehead atoms. The van der Waals surface area contributed by atoms with Crippen LogP contribution in [0.1, 0.15) is 32.1 Å². The summed E-state index contributed by atoms with van der Waals surface area (Å²) in [5, 5.41) is 7.19. The van der Waals surface area contributed by atoms with Gasteiger partial charge in [-0.1, -0.05) is 12.5 Å². The second-order valence-corrected chi connectivity index (χ2v) is 8.36. The number of benzene rings is 1. The van der Waals surface area contributed by atoms with Gasteiger partial charge in [0.25, 0.3) is 0 Å². The van der Waals surface area contributed by atoms with Gasteiger partial charge < -0.3 is 10.6 Å². The fourth-order valence-electron chi connectivity index (χ4n) is 3.76. The van der Waals surface area contributed by atoms with E-state index in [1.165, 1.54) is 38.4 Å². The second kappa shape index (κ2) is 5.97. The molecule has 1 saturated carbocycles. The van der Waals surface area contributed by atoms with E-state index in [0.717, 1.165) is 12.2 Å². The van der Waals surface area contributed by atoms with Crippen molar-refractivity contribution in [1.82, 2.24) is 5.32 Å². The highest BCUT2D eigenvalue weighted by Crippen LogP contribution is 2.34. The van der Waals surface area contributed by atoms with Crippen LogP contribution in [-0.2, 0) is 9.84 Å². The van der Waals surface area contributed by atoms with Gasteiger partial charge in [0.2, 0.25) is 0 Å². The first-order valence-electron chi connectivity index (χ1n) is 7.84. The summed E-state index contributed by atoms with van der Waals surface area (Å²) in [6.07, 6.45) is 7.50. The van der Waals surface area contributed by atoms with E-state index in [1.54, 1.807) is 12.1 Å². The van der Waals surface area contributed by atoms with Crippen molar-refractivity contribution < 1.29 is 8.42 Å². The predicted octanol–water partition coefficient (Wildman–Crippen LogP) is 2.42. The summed E-state index contributed by atoms with van der Waals surface area (Å²) in [6, 6.07) is 8.28. The lowest BCUT2D eigenvalue weighted by atomic mass is 9.93. The average Bonchev–Trinajstić information content (AvgIpc) is 3.08. The molecule has 0 spiro atoms. The SMILES string of the molecule is CS(=O)(=O)c1cccc(NC2CCCC2C2CCCN2)c1. The van der Waals surface area contributed by atoms with E-state index in [-0.39, 0.29) is 0 Å². The number of rotatable bonds is 4. The molecule has 0 radical (unpaired) electrons. The van der Waals surface area contributed by atoms with E-state index in [0.29, 0.717) is 22.9 Å². The van der Waals surface area contributed by atoms with E-state index >= 15 is 0 Å². The molecule has 1 aromatic carbocycles. The molecule has 21 heavy (non-hydrogen) atoms. The molecular weight excluding hydrogens is 284 g/mol. The van der Waals surface area contributed by atoms with E-state index in [2.05, 4.69) is 10.6 Å². The molecule has 3 rings (SSSR count). The number of hydrogen-bond donors (Lipinski definition) is 2. The lowest BCUT2D eigenvalue weighted by Gasteiger charge is -2.27. The molecule has 0 aromatic heterocycles. The summed E-state index contributed by atoms with van der Waals surface area (Å²) in [6.45, 7) is 1.14. The molecule has 1 aliphatic heterocycles. The van der Waals surface area contributed by atoms with Crippen molar-refractivity contribution in [3.63, 3.8) is 0 Å². The third-order valence-electron chi connectivity index (χ3n) is 4.80. The molecule has 0 amide bonds. The van der Waals surface area contributed by atoms with Crippen LogP contribution in [0.4, 0.5) is 5.69 Å². The third kappa shape index (κ3) is 3.40. The maximum Gasteiger partial charge on any atom is 0.175 e. The minimum Gasteiger partial charge on any atom is -0.382 e. The topological polar surface area (TPSA) is 58.2 Å². The van der Waals surface area contributed by atoms with Gasteiger partial charge in [-0.2, -0.15) is 0 Å². The smallest absolute Gasteiger partial charge is 0.175 e. The van der Waals surface area contributed by atoms with Gasteiger partial charge >= 0.3 is 0 Å². The zero-order valence-electron chi connectivity index (χ0n) is 12.5. The summed E-state index contributed by atoms with van der Waals surface area (Å²) in [7, 11) is -3.14. The summed E-state index contributed by atoms with van der Waals surface area (Å²) < 4.78 is 23.3. The Bertz CT molecular complexity index is 594. The van der Waals surface area contributed by atoms with Crippen molar-refractivity contribution in [3.05, 3.63) is 24.3 Å². The van der Waals surface area contributed by atoms with Gasteiger partial charge in [-0.05, 0) is 56.3 Å². The van der Waals surface area contributed by atoms with Crippen LogP contribution in [0.3, 0.4) is 0 Å². The van der Waals surface area contributed by atoms with Crippen molar-refractivity contribution in [2.24, 2.45) is 5.92 Å². The first-order valence-corrected chi connectivity index (χ1v) is 9.73. The molecule has 2 fully saturated rings. The molecule has 3 unspecified atom stereocenters. The Hall–Kier alpha value is -1.07. The Morgan fingerprint density at radius 1 is 1.19 bits per heavy atom. The first-order chi connectivity index (χ1) is 10.0. The Labute approximate surface area is 127 Å². The molecule has 1 heterocycles. The van der Waals surface area contributed by atoms with E-state index in [1.807, 2.05) is 12.1 Å². The van der Waals surface area contributed by atoms with E-state index < -0.39 is 9.84 Å². The maximum absolute atomic E-state index is 11.7. The van der Waals surface area contributed by atoms with Gasteiger partial charge in [0.1, 0.15) is 0 Å². The summed E-state index contributed by atoms with van der Waals surface area (Å²) in [5.41, 5.74) is 0.924. The summed E-state index contributed by atoms with van der Waals surface area (Å²) in [5.74, 6) is 0.661. The number of hydrogen-bond acceptors (Lipinski definition) is 4. The van der Waals surface area contributed by atoms with Gasteiger partial charge in [-0.3, -0.25) is 0 Å². The van der Waals surface area contributed by atoms with E-state index in [4.69, 9.17) is 0 Å². The van der Waals surface area contributed by atoms with Crippen LogP contribution < -0.4 is 10.6 Å². The largest absolute Gasteiger partial charge is 0.382 e. The molecule has 2 aliphatic rings. The predicted molar refractivity (Wildman–Crippen MR) is 85.3 cm³/mol. The number of sulfone groups is 1. The standard InChI is InChI=1S/C16H24N2O2S/c1-21(19,20)13-6-2-5-12(11-13)18-16-8-3-7-14(16)15-9-4-10-17-15/h2,5-6,11,14-18H,3-4,7-10H2,1H3. The monoisotopic (exact) mass is 308 g/mol. The van der Waals surface area contributed by atoms with Crippen LogP contribution in [0.5, 0.6) is 0 Å². The van der Waals surface area contributed by atoms with Crippen LogP contribution >= 0.6 is 0 Å². The van der Waals surface area contributed by atoms with Crippen molar-refractivity contribution in [2.75, 3.05) is 18.1 Å². The van der Waals surface area contributed by atoms with Gasteiger partial charge in [0.05, 0.1) is 4.90 Å². The zero-order chi connectivity index (χ0) is 14.9. The van der Waals surface area contributed by atoms with Gasteiger partial charge in [-0.25, -0.2) is 8.42 Å². The lowest BCUT2D eigenvalue weighted by Crippen LogP contribution is -2.38. The number of nitrogens with one attached hydrogen (secondary N) is 2. The minimum absolute atomic E-state index is 0.390. The Morgan fingerprint density at radius 2 is 2.05 bits per heavy atom. The van der Waals surface area contributed by atoms with Crippen molar-refractivity contribution in [2.45, 2.75) is 49.1 Å². The highest BCUT2D eigenvalue weighted by molar-refractivity contribution is 7.90. The minimum atomic E-state index is -3.14. The average molecular weight is 308 g/mol. The molecule has 4 nitrogen and oxygen atoms in total. The normalized spacial score (nSPS) is 29.7. The van der Waals surface area contributed by atoms with Crippen LogP contribution in [0.25, 0.3) is 0 Å². The van der Waals surface area contributed by atoms with Crippen molar-refractivity contribution in [3.8, 4) is 0 Å². The molecule has 1 aromatic rings. The summed E-state index contributed by atoms with van der Waals surface area (Å²) in [4.78, 5) is 0.390. The van der Waals surface area contributed by atoms with Gasteiger partial charge in [-0.15, -0.1) is 0 Å². The van der Waals surface area contributed by atoms with Crippen LogP contribution in [-0.4, -0.2) is 33.3 Å². The fourth-order valence-corrected chi connectivity index (χ4v) is 4.42. The third-order valence-corrected chi connectivity index (χ3v) is 5.91. The maximum atomic E-state index is 11.7. The van der Waals surface area contributed by atoms with E-state index in [9.17, 15) is 8.42 Å². The summed E-state index contributed by atoms with van der Waals surface area (Å²) >= 11 is 0. The second-order valence-electron chi connectivity index (χ2n) is 6.35. The Morgan fingerprint density at radius 3 is 2.76 bits per heavy atom. The highest BCUT2D eigenvalue weighted by atomic mass is 32.2. The molecule has 116 valence electrons. The molecular formula is C16H24N2O2S. The Balaban J connectivity index is 1.73. The number of anilines is 1. The van der Waals surface area contributed by atoms with Gasteiger partial charge in [0.15, 0.2) is 9.84 Å². The fraction of sp³-hybridized carbons (Fsp3) is 0.625. The van der Waals surface area contributed by atoms with Gasteiger partial charge in [0, 0.05) is 24.0 Å².